The molecular weight excluding hydrogens is 354 g/mol. The van der Waals surface area contributed by atoms with Gasteiger partial charge in [0.05, 0.1) is 11.1 Å². The molecule has 0 N–H and O–H groups in total. The Morgan fingerprint density at radius 1 is 1.00 bits per heavy atom. The monoisotopic (exact) mass is 371 g/mol. The van der Waals surface area contributed by atoms with Crippen LogP contribution in [-0.2, 0) is 16.1 Å². The van der Waals surface area contributed by atoms with E-state index >= 15 is 0 Å². The average Bonchev–Trinajstić information content (AvgIpc) is 2.87. The van der Waals surface area contributed by atoms with Crippen LogP contribution in [0.25, 0.3) is 0 Å². The first-order valence-corrected chi connectivity index (χ1v) is 8.66. The summed E-state index contributed by atoms with van der Waals surface area (Å²) in [5, 5.41) is 0.589. The van der Waals surface area contributed by atoms with Crippen molar-refractivity contribution in [2.75, 3.05) is 0 Å². The quantitative estimate of drug-likeness (QED) is 0.593. The van der Waals surface area contributed by atoms with Crippen LogP contribution < -0.4 is 0 Å². The van der Waals surface area contributed by atoms with Crippen molar-refractivity contribution in [1.29, 1.82) is 0 Å². The average molecular weight is 372 g/mol. The summed E-state index contributed by atoms with van der Waals surface area (Å²) in [6.45, 7) is 3.60. The highest BCUT2D eigenvalue weighted by molar-refractivity contribution is 6.30. The summed E-state index contributed by atoms with van der Waals surface area (Å²) in [6, 6.07) is 12.5. The minimum Gasteiger partial charge on any atom is -0.459 e. The molecule has 0 radical (unpaired) electrons. The van der Waals surface area contributed by atoms with E-state index in [0.717, 1.165) is 10.5 Å². The Labute approximate surface area is 156 Å². The van der Waals surface area contributed by atoms with Gasteiger partial charge in [0.2, 0.25) is 0 Å². The number of amides is 2. The van der Waals surface area contributed by atoms with Crippen molar-refractivity contribution in [2.45, 2.75) is 26.5 Å². The van der Waals surface area contributed by atoms with Gasteiger partial charge >= 0.3 is 5.97 Å². The van der Waals surface area contributed by atoms with Gasteiger partial charge < -0.3 is 4.74 Å². The first-order valence-electron chi connectivity index (χ1n) is 8.28. The van der Waals surface area contributed by atoms with Gasteiger partial charge in [-0.25, -0.2) is 4.79 Å². The minimum absolute atomic E-state index is 0.0440. The van der Waals surface area contributed by atoms with E-state index in [9.17, 15) is 14.4 Å². The van der Waals surface area contributed by atoms with Crippen molar-refractivity contribution >= 4 is 29.4 Å². The Kier molecular flexibility index (Phi) is 5.09. The highest BCUT2D eigenvalue weighted by Gasteiger charge is 2.44. The number of rotatable bonds is 5. The standard InChI is InChI=1S/C20H18ClNO4/c1-12(2)17(20(25)26-11-13-7-9-14(21)10-8-13)22-18(23)15-5-3-4-6-16(15)19(22)24/h3-10,12,17H,11H2,1-2H3/t17-/m1/s1. The Hall–Kier alpha value is -2.66. The molecule has 0 aromatic heterocycles. The molecule has 0 unspecified atom stereocenters. The van der Waals surface area contributed by atoms with Gasteiger partial charge in [0, 0.05) is 5.02 Å². The Bertz CT molecular complexity index is 825. The van der Waals surface area contributed by atoms with Gasteiger partial charge in [-0.3, -0.25) is 14.5 Å². The summed E-state index contributed by atoms with van der Waals surface area (Å²) >= 11 is 5.84. The topological polar surface area (TPSA) is 63.7 Å². The maximum atomic E-state index is 12.7. The molecule has 0 saturated heterocycles. The number of carbonyl (C=O) groups is 3. The number of ether oxygens (including phenoxy) is 1. The predicted octanol–water partition coefficient (Wildman–Crippen LogP) is 3.70. The molecule has 2 aromatic carbocycles. The summed E-state index contributed by atoms with van der Waals surface area (Å²) in [6.07, 6.45) is 0. The Balaban J connectivity index is 1.79. The molecule has 134 valence electrons. The normalized spacial score (nSPS) is 14.5. The maximum Gasteiger partial charge on any atom is 0.329 e. The van der Waals surface area contributed by atoms with Gasteiger partial charge in [0.1, 0.15) is 12.6 Å². The van der Waals surface area contributed by atoms with E-state index in [1.165, 1.54) is 0 Å². The SMILES string of the molecule is CC(C)[C@H](C(=O)OCc1ccc(Cl)cc1)N1C(=O)c2ccccc2C1=O. The molecule has 1 atom stereocenters. The molecule has 1 heterocycles. The fourth-order valence-corrected chi connectivity index (χ4v) is 3.08. The summed E-state index contributed by atoms with van der Waals surface area (Å²) < 4.78 is 5.37. The van der Waals surface area contributed by atoms with Crippen LogP contribution in [0.4, 0.5) is 0 Å². The van der Waals surface area contributed by atoms with Crippen LogP contribution in [0.2, 0.25) is 5.02 Å². The molecule has 26 heavy (non-hydrogen) atoms. The maximum absolute atomic E-state index is 12.7. The molecular formula is C20H18ClNO4. The summed E-state index contributed by atoms with van der Waals surface area (Å²) in [5.74, 6) is -1.82. The van der Waals surface area contributed by atoms with Crippen molar-refractivity contribution < 1.29 is 19.1 Å². The number of nitrogens with zero attached hydrogens (tertiary/aromatic N) is 1. The van der Waals surface area contributed by atoms with Crippen molar-refractivity contribution in [1.82, 2.24) is 4.90 Å². The lowest BCUT2D eigenvalue weighted by molar-refractivity contribution is -0.151. The molecule has 1 aliphatic rings. The molecule has 6 heteroatoms. The number of esters is 1. The lowest BCUT2D eigenvalue weighted by atomic mass is 10.0. The Morgan fingerprint density at radius 2 is 1.54 bits per heavy atom. The minimum atomic E-state index is -0.977. The van der Waals surface area contributed by atoms with Crippen LogP contribution in [0, 0.1) is 5.92 Å². The molecule has 0 spiro atoms. The van der Waals surface area contributed by atoms with E-state index in [0.29, 0.717) is 16.1 Å². The second-order valence-corrected chi connectivity index (χ2v) is 6.89. The van der Waals surface area contributed by atoms with Crippen LogP contribution in [0.1, 0.15) is 40.1 Å². The third-order valence-electron chi connectivity index (χ3n) is 4.27. The zero-order chi connectivity index (χ0) is 18.8. The van der Waals surface area contributed by atoms with Crippen LogP contribution in [0.15, 0.2) is 48.5 Å². The van der Waals surface area contributed by atoms with Gasteiger partial charge in [0.15, 0.2) is 0 Å². The lowest BCUT2D eigenvalue weighted by Crippen LogP contribution is -2.48. The number of carbonyl (C=O) groups excluding carboxylic acids is 3. The highest BCUT2D eigenvalue weighted by Crippen LogP contribution is 2.27. The molecule has 2 aromatic rings. The number of fused-ring (bicyclic) bond motifs is 1. The zero-order valence-electron chi connectivity index (χ0n) is 14.4. The van der Waals surface area contributed by atoms with E-state index in [1.54, 1.807) is 62.4 Å². The van der Waals surface area contributed by atoms with E-state index in [-0.39, 0.29) is 12.5 Å². The van der Waals surface area contributed by atoms with E-state index in [2.05, 4.69) is 0 Å². The number of hydrogen-bond acceptors (Lipinski definition) is 4. The summed E-state index contributed by atoms with van der Waals surface area (Å²) in [4.78, 5) is 39.0. The zero-order valence-corrected chi connectivity index (χ0v) is 15.2. The van der Waals surface area contributed by atoms with Gasteiger partial charge in [-0.2, -0.15) is 0 Å². The molecule has 1 aliphatic heterocycles. The summed E-state index contributed by atoms with van der Waals surface area (Å²) in [5.41, 5.74) is 1.40. The van der Waals surface area contributed by atoms with Gasteiger partial charge in [0.25, 0.3) is 11.8 Å². The Morgan fingerprint density at radius 3 is 2.04 bits per heavy atom. The van der Waals surface area contributed by atoms with Crippen LogP contribution in [-0.4, -0.2) is 28.7 Å². The molecule has 5 nitrogen and oxygen atoms in total. The van der Waals surface area contributed by atoms with E-state index in [1.807, 2.05) is 0 Å². The van der Waals surface area contributed by atoms with Crippen molar-refractivity contribution in [3.8, 4) is 0 Å². The van der Waals surface area contributed by atoms with Crippen LogP contribution in [0.5, 0.6) is 0 Å². The van der Waals surface area contributed by atoms with E-state index < -0.39 is 23.8 Å². The first-order chi connectivity index (χ1) is 12.4. The molecule has 0 fully saturated rings. The number of benzene rings is 2. The van der Waals surface area contributed by atoms with Gasteiger partial charge in [-0.05, 0) is 35.7 Å². The largest absolute Gasteiger partial charge is 0.459 e. The molecule has 0 bridgehead atoms. The van der Waals surface area contributed by atoms with Crippen LogP contribution >= 0.6 is 11.6 Å². The fraction of sp³-hybridized carbons (Fsp3) is 0.250. The number of halogens is 1. The summed E-state index contributed by atoms with van der Waals surface area (Å²) in [7, 11) is 0. The fourth-order valence-electron chi connectivity index (χ4n) is 2.96. The van der Waals surface area contributed by atoms with Gasteiger partial charge in [-0.15, -0.1) is 0 Å². The highest BCUT2D eigenvalue weighted by atomic mass is 35.5. The third kappa shape index (κ3) is 3.35. The van der Waals surface area contributed by atoms with Crippen molar-refractivity contribution in [2.24, 2.45) is 5.92 Å². The molecule has 0 aliphatic carbocycles. The molecule has 3 rings (SSSR count). The predicted molar refractivity (Wildman–Crippen MR) is 96.8 cm³/mol. The lowest BCUT2D eigenvalue weighted by Gasteiger charge is -2.27. The molecule has 0 saturated carbocycles. The van der Waals surface area contributed by atoms with Crippen molar-refractivity contribution in [3.05, 3.63) is 70.2 Å². The van der Waals surface area contributed by atoms with Crippen LogP contribution in [0.3, 0.4) is 0 Å². The second-order valence-electron chi connectivity index (χ2n) is 6.45. The van der Waals surface area contributed by atoms with Gasteiger partial charge in [-0.1, -0.05) is 49.7 Å². The molecule has 2 amide bonds. The smallest absolute Gasteiger partial charge is 0.329 e. The number of hydrogen-bond donors (Lipinski definition) is 0. The number of imide groups is 1. The first kappa shape index (κ1) is 18.1. The second kappa shape index (κ2) is 7.30. The van der Waals surface area contributed by atoms with E-state index in [4.69, 9.17) is 16.3 Å². The van der Waals surface area contributed by atoms with Crippen molar-refractivity contribution in [3.63, 3.8) is 0 Å². The third-order valence-corrected chi connectivity index (χ3v) is 4.52.